The number of aromatic nitrogens is 1. The van der Waals surface area contributed by atoms with Crippen LogP contribution in [0.2, 0.25) is 0 Å². The van der Waals surface area contributed by atoms with Crippen molar-refractivity contribution in [3.8, 4) is 0 Å². The van der Waals surface area contributed by atoms with E-state index in [0.29, 0.717) is 24.4 Å². The molecule has 2 heterocycles. The van der Waals surface area contributed by atoms with Gasteiger partial charge in [0.2, 0.25) is 0 Å². The van der Waals surface area contributed by atoms with E-state index in [0.717, 1.165) is 41.9 Å². The van der Waals surface area contributed by atoms with Gasteiger partial charge in [0.15, 0.2) is 5.76 Å². The second-order valence-electron chi connectivity index (χ2n) is 6.18. The van der Waals surface area contributed by atoms with Crippen LogP contribution in [0.5, 0.6) is 0 Å². The lowest BCUT2D eigenvalue weighted by molar-refractivity contribution is 0.0921. The van der Waals surface area contributed by atoms with E-state index in [9.17, 15) is 9.59 Å². The average Bonchev–Trinajstić information content (AvgIpc) is 3.02. The summed E-state index contributed by atoms with van der Waals surface area (Å²) in [6, 6.07) is 5.12. The summed E-state index contributed by atoms with van der Waals surface area (Å²) in [5.74, 6) is 0.498. The van der Waals surface area contributed by atoms with E-state index >= 15 is 0 Å². The maximum atomic E-state index is 12.3. The highest BCUT2D eigenvalue weighted by atomic mass is 16.4. The minimum absolute atomic E-state index is 0.212. The van der Waals surface area contributed by atoms with Crippen LogP contribution in [0.25, 0.3) is 0 Å². The molecule has 0 fully saturated rings. The fraction of sp³-hybridized carbons (Fsp3) is 0.368. The highest BCUT2D eigenvalue weighted by Crippen LogP contribution is 2.29. The smallest absolute Gasteiger partial charge is 0.289 e. The van der Waals surface area contributed by atoms with Gasteiger partial charge < -0.3 is 9.73 Å². The minimum Gasteiger partial charge on any atom is -0.455 e. The predicted molar refractivity (Wildman–Crippen MR) is 97.2 cm³/mol. The maximum Gasteiger partial charge on any atom is 0.289 e. The number of hydrogen-bond acceptors (Lipinski definition) is 5. The second-order valence-corrected chi connectivity index (χ2v) is 6.18. The van der Waals surface area contributed by atoms with Crippen molar-refractivity contribution in [3.63, 3.8) is 0 Å². The van der Waals surface area contributed by atoms with Crippen LogP contribution in [0.15, 0.2) is 33.9 Å². The second kappa shape index (κ2) is 7.95. The number of fused-ring (bicyclic) bond motifs is 1. The van der Waals surface area contributed by atoms with Gasteiger partial charge in [0, 0.05) is 30.3 Å². The molecular weight excluding hydrogens is 332 g/mol. The van der Waals surface area contributed by atoms with Crippen LogP contribution in [0.3, 0.4) is 0 Å². The van der Waals surface area contributed by atoms with Gasteiger partial charge in [-0.2, -0.15) is 5.10 Å². The number of carbonyl (C=O) groups excluding carboxylic acids is 2. The van der Waals surface area contributed by atoms with Crippen LogP contribution in [0.4, 0.5) is 0 Å². The summed E-state index contributed by atoms with van der Waals surface area (Å²) in [5, 5.41) is 7.12. The topological polar surface area (TPSA) is 96.6 Å². The zero-order valence-corrected chi connectivity index (χ0v) is 15.0. The zero-order valence-electron chi connectivity index (χ0n) is 15.0. The molecule has 1 aliphatic carbocycles. The van der Waals surface area contributed by atoms with Crippen LogP contribution < -0.4 is 10.7 Å². The molecule has 136 valence electrons. The molecule has 2 aromatic rings. The van der Waals surface area contributed by atoms with Crippen molar-refractivity contribution in [1.29, 1.82) is 0 Å². The number of nitrogens with one attached hydrogen (secondary N) is 2. The van der Waals surface area contributed by atoms with Crippen molar-refractivity contribution < 1.29 is 14.0 Å². The maximum absolute atomic E-state index is 12.3. The third-order valence-electron chi connectivity index (χ3n) is 4.26. The molecule has 0 spiro atoms. The quantitative estimate of drug-likeness (QED) is 0.807. The van der Waals surface area contributed by atoms with Gasteiger partial charge in [-0.05, 0) is 38.3 Å². The van der Waals surface area contributed by atoms with Crippen molar-refractivity contribution in [1.82, 2.24) is 15.7 Å². The van der Waals surface area contributed by atoms with Crippen molar-refractivity contribution in [2.45, 2.75) is 39.5 Å². The standard InChI is InChI=1S/C19H22N4O3/c1-3-10-21-19(25)17-12(2)16-13(8-6-9-15(16)26-17)22-23-18(24)14-7-4-5-11-20-14/h4-5,7,11H,3,6,8-10H2,1-2H3,(H,21,25)(H,23,24)/b22-13+. The number of hydrogen-bond donors (Lipinski definition) is 2. The first-order valence-electron chi connectivity index (χ1n) is 8.80. The molecule has 7 heteroatoms. The first-order valence-corrected chi connectivity index (χ1v) is 8.80. The van der Waals surface area contributed by atoms with E-state index in [1.807, 2.05) is 13.8 Å². The Hall–Kier alpha value is -2.96. The van der Waals surface area contributed by atoms with E-state index in [1.54, 1.807) is 24.4 Å². The van der Waals surface area contributed by atoms with E-state index < -0.39 is 0 Å². The number of aryl methyl sites for hydroxylation is 1. The van der Waals surface area contributed by atoms with Crippen LogP contribution in [0.1, 0.15) is 64.1 Å². The fourth-order valence-corrected chi connectivity index (χ4v) is 2.99. The Morgan fingerprint density at radius 2 is 2.12 bits per heavy atom. The number of carbonyl (C=O) groups is 2. The Morgan fingerprint density at radius 1 is 1.27 bits per heavy atom. The molecule has 0 aromatic carbocycles. The van der Waals surface area contributed by atoms with Crippen molar-refractivity contribution in [2.24, 2.45) is 5.10 Å². The van der Waals surface area contributed by atoms with Gasteiger partial charge in [0.1, 0.15) is 11.5 Å². The van der Waals surface area contributed by atoms with E-state index in [4.69, 9.17) is 4.42 Å². The van der Waals surface area contributed by atoms with Crippen LogP contribution >= 0.6 is 0 Å². The molecule has 0 bridgehead atoms. The van der Waals surface area contributed by atoms with Gasteiger partial charge in [-0.25, -0.2) is 5.43 Å². The predicted octanol–water partition coefficient (Wildman–Crippen LogP) is 2.59. The van der Waals surface area contributed by atoms with E-state index in [1.165, 1.54) is 0 Å². The van der Waals surface area contributed by atoms with E-state index in [-0.39, 0.29) is 11.8 Å². The largest absolute Gasteiger partial charge is 0.455 e. The summed E-state index contributed by atoms with van der Waals surface area (Å²) in [5.41, 5.74) is 5.18. The summed E-state index contributed by atoms with van der Waals surface area (Å²) in [6.45, 7) is 4.45. The summed E-state index contributed by atoms with van der Waals surface area (Å²) < 4.78 is 5.80. The lowest BCUT2D eigenvalue weighted by Crippen LogP contribution is -2.24. The average molecular weight is 354 g/mol. The van der Waals surface area contributed by atoms with Gasteiger partial charge in [-0.15, -0.1) is 0 Å². The first kappa shape index (κ1) is 17.8. The molecule has 2 N–H and O–H groups in total. The summed E-state index contributed by atoms with van der Waals surface area (Å²) in [6.07, 6.45) is 4.74. The van der Waals surface area contributed by atoms with Crippen LogP contribution in [-0.4, -0.2) is 29.1 Å². The lowest BCUT2D eigenvalue weighted by Gasteiger charge is -2.13. The molecular formula is C19H22N4O3. The Bertz CT molecular complexity index is 840. The Balaban J connectivity index is 1.83. The van der Waals surface area contributed by atoms with Crippen molar-refractivity contribution in [3.05, 3.63) is 52.7 Å². The zero-order chi connectivity index (χ0) is 18.5. The minimum atomic E-state index is -0.368. The molecule has 0 radical (unpaired) electrons. The SMILES string of the molecule is CCCNC(=O)c1oc2c(c1C)/C(=N/NC(=O)c1ccccn1)CCC2. The van der Waals surface area contributed by atoms with E-state index in [2.05, 4.69) is 20.8 Å². The molecule has 0 aliphatic heterocycles. The monoisotopic (exact) mass is 354 g/mol. The third-order valence-corrected chi connectivity index (χ3v) is 4.26. The Labute approximate surface area is 151 Å². The molecule has 1 aliphatic rings. The molecule has 0 unspecified atom stereocenters. The van der Waals surface area contributed by atoms with Gasteiger partial charge in [-0.3, -0.25) is 14.6 Å². The van der Waals surface area contributed by atoms with Gasteiger partial charge in [0.05, 0.1) is 5.71 Å². The molecule has 0 saturated carbocycles. The molecule has 7 nitrogen and oxygen atoms in total. The number of rotatable bonds is 5. The molecule has 0 atom stereocenters. The number of furan rings is 1. The molecule has 0 saturated heterocycles. The normalized spacial score (nSPS) is 14.8. The molecule has 3 rings (SSSR count). The van der Waals surface area contributed by atoms with Gasteiger partial charge >= 0.3 is 0 Å². The van der Waals surface area contributed by atoms with Gasteiger partial charge in [0.25, 0.3) is 11.8 Å². The Morgan fingerprint density at radius 3 is 2.85 bits per heavy atom. The summed E-state index contributed by atoms with van der Waals surface area (Å²) in [7, 11) is 0. The van der Waals surface area contributed by atoms with Crippen LogP contribution in [0, 0.1) is 6.92 Å². The summed E-state index contributed by atoms with van der Waals surface area (Å²) >= 11 is 0. The lowest BCUT2D eigenvalue weighted by atomic mass is 9.93. The van der Waals surface area contributed by atoms with Crippen molar-refractivity contribution in [2.75, 3.05) is 6.54 Å². The molecule has 2 amide bonds. The number of nitrogens with zero attached hydrogens (tertiary/aromatic N) is 2. The molecule has 26 heavy (non-hydrogen) atoms. The highest BCUT2D eigenvalue weighted by Gasteiger charge is 2.27. The number of hydrazone groups is 1. The van der Waals surface area contributed by atoms with Gasteiger partial charge in [-0.1, -0.05) is 13.0 Å². The summed E-state index contributed by atoms with van der Waals surface area (Å²) in [4.78, 5) is 28.4. The van der Waals surface area contributed by atoms with Crippen molar-refractivity contribution >= 4 is 17.5 Å². The third kappa shape index (κ3) is 3.66. The number of pyridine rings is 1. The highest BCUT2D eigenvalue weighted by molar-refractivity contribution is 6.07. The fourth-order valence-electron chi connectivity index (χ4n) is 2.99. The Kier molecular flexibility index (Phi) is 5.46. The molecule has 2 aromatic heterocycles. The number of amides is 2. The first-order chi connectivity index (χ1) is 12.6. The van der Waals surface area contributed by atoms with Crippen LogP contribution in [-0.2, 0) is 6.42 Å².